The minimum Gasteiger partial charge on any atom is -0.396 e. The molecule has 2 saturated heterocycles. The van der Waals surface area contributed by atoms with Crippen molar-refractivity contribution in [3.8, 4) is 0 Å². The molecule has 2 aliphatic rings. The Balaban J connectivity index is 1.87. The molecule has 0 radical (unpaired) electrons. The topological polar surface area (TPSA) is 35.9 Å². The molecular weight excluding hydrogens is 216 g/mol. The van der Waals surface area contributed by atoms with E-state index >= 15 is 0 Å². The van der Waals surface area contributed by atoms with Crippen LogP contribution in [0.4, 0.5) is 0 Å². The van der Waals surface area contributed by atoms with Crippen molar-refractivity contribution < 1.29 is 9.84 Å². The van der Waals surface area contributed by atoms with Crippen molar-refractivity contribution in [3.05, 3.63) is 0 Å². The molecule has 100 valence electrons. The Labute approximate surface area is 105 Å². The highest BCUT2D eigenvalue weighted by atomic mass is 16.5. The number of likely N-dealkylation sites (N-methyl/N-ethyl adjacent to an activating group) is 1. The molecule has 2 aliphatic heterocycles. The van der Waals surface area contributed by atoms with Gasteiger partial charge in [-0.05, 0) is 39.9 Å². The third-order valence-electron chi connectivity index (χ3n) is 4.43. The molecule has 0 aromatic carbocycles. The van der Waals surface area contributed by atoms with Gasteiger partial charge in [-0.25, -0.2) is 0 Å². The van der Waals surface area contributed by atoms with Crippen LogP contribution in [0.2, 0.25) is 0 Å². The first kappa shape index (κ1) is 13.3. The van der Waals surface area contributed by atoms with Gasteiger partial charge in [-0.2, -0.15) is 0 Å². The number of ether oxygens (including phenoxy) is 1. The quantitative estimate of drug-likeness (QED) is 0.775. The van der Waals surface area contributed by atoms with Crippen molar-refractivity contribution in [2.24, 2.45) is 5.41 Å². The minimum atomic E-state index is 0.0967. The summed E-state index contributed by atoms with van der Waals surface area (Å²) < 4.78 is 5.41. The van der Waals surface area contributed by atoms with E-state index in [0.29, 0.717) is 12.6 Å². The summed E-state index contributed by atoms with van der Waals surface area (Å²) in [6.07, 6.45) is 3.27. The van der Waals surface area contributed by atoms with Crippen LogP contribution in [-0.2, 0) is 4.74 Å². The summed E-state index contributed by atoms with van der Waals surface area (Å²) in [5, 5.41) is 9.68. The normalized spacial score (nSPS) is 30.0. The molecule has 2 rings (SSSR count). The lowest BCUT2D eigenvalue weighted by Crippen LogP contribution is -2.44. The first-order chi connectivity index (χ1) is 8.15. The molecule has 0 bridgehead atoms. The van der Waals surface area contributed by atoms with E-state index in [1.807, 2.05) is 0 Å². The number of likely N-dealkylation sites (tertiary alicyclic amines) is 1. The molecule has 17 heavy (non-hydrogen) atoms. The zero-order valence-corrected chi connectivity index (χ0v) is 11.2. The van der Waals surface area contributed by atoms with E-state index < -0.39 is 0 Å². The van der Waals surface area contributed by atoms with Crippen LogP contribution in [0.5, 0.6) is 0 Å². The third kappa shape index (κ3) is 3.19. The standard InChI is InChI=1S/C13H26N2O2/c1-14(2)12-3-6-15(9-12)10-13(11-16)4-7-17-8-5-13/h12,16H,3-11H2,1-2H3. The molecule has 1 unspecified atom stereocenters. The average Bonchev–Trinajstić information content (AvgIpc) is 2.79. The van der Waals surface area contributed by atoms with Crippen molar-refractivity contribution in [1.29, 1.82) is 0 Å². The molecule has 1 N–H and O–H groups in total. The maximum atomic E-state index is 9.68. The summed E-state index contributed by atoms with van der Waals surface area (Å²) >= 11 is 0. The lowest BCUT2D eigenvalue weighted by Gasteiger charge is -2.38. The van der Waals surface area contributed by atoms with Crippen LogP contribution in [0.25, 0.3) is 0 Å². The largest absolute Gasteiger partial charge is 0.396 e. The van der Waals surface area contributed by atoms with Crippen LogP contribution in [0.1, 0.15) is 19.3 Å². The van der Waals surface area contributed by atoms with Crippen molar-refractivity contribution in [2.75, 3.05) is 53.6 Å². The summed E-state index contributed by atoms with van der Waals surface area (Å²) in [5.74, 6) is 0. The summed E-state index contributed by atoms with van der Waals surface area (Å²) in [7, 11) is 4.31. The summed E-state index contributed by atoms with van der Waals surface area (Å²) in [6, 6.07) is 0.686. The van der Waals surface area contributed by atoms with E-state index in [4.69, 9.17) is 4.74 Å². The van der Waals surface area contributed by atoms with Gasteiger partial charge < -0.3 is 19.6 Å². The second kappa shape index (κ2) is 5.65. The van der Waals surface area contributed by atoms with Crippen molar-refractivity contribution in [3.63, 3.8) is 0 Å². The number of hydrogen-bond donors (Lipinski definition) is 1. The van der Waals surface area contributed by atoms with Crippen LogP contribution >= 0.6 is 0 Å². The molecular formula is C13H26N2O2. The number of aliphatic hydroxyl groups is 1. The monoisotopic (exact) mass is 242 g/mol. The highest BCUT2D eigenvalue weighted by molar-refractivity contribution is 4.89. The molecule has 0 aromatic heterocycles. The average molecular weight is 242 g/mol. The van der Waals surface area contributed by atoms with Gasteiger partial charge in [0.25, 0.3) is 0 Å². The smallest absolute Gasteiger partial charge is 0.0501 e. The molecule has 0 amide bonds. The molecule has 4 nitrogen and oxygen atoms in total. The van der Waals surface area contributed by atoms with Gasteiger partial charge in [0.15, 0.2) is 0 Å². The molecule has 4 heteroatoms. The van der Waals surface area contributed by atoms with Gasteiger partial charge in [0, 0.05) is 37.8 Å². The van der Waals surface area contributed by atoms with Crippen LogP contribution in [-0.4, -0.2) is 74.5 Å². The van der Waals surface area contributed by atoms with Gasteiger partial charge in [0.1, 0.15) is 0 Å². The second-order valence-electron chi connectivity index (χ2n) is 5.91. The molecule has 2 heterocycles. The predicted octanol–water partition coefficient (Wildman–Crippen LogP) is 0.411. The number of rotatable bonds is 4. The maximum Gasteiger partial charge on any atom is 0.0501 e. The zero-order chi connectivity index (χ0) is 12.3. The van der Waals surface area contributed by atoms with Crippen LogP contribution in [0.3, 0.4) is 0 Å². The Morgan fingerprint density at radius 1 is 1.35 bits per heavy atom. The lowest BCUT2D eigenvalue weighted by molar-refractivity contribution is -0.0317. The summed E-state index contributed by atoms with van der Waals surface area (Å²) in [4.78, 5) is 4.84. The molecule has 1 atom stereocenters. The van der Waals surface area contributed by atoms with Gasteiger partial charge in [0.05, 0.1) is 6.61 Å². The fraction of sp³-hybridized carbons (Fsp3) is 1.00. The Bertz CT molecular complexity index is 240. The fourth-order valence-corrected chi connectivity index (χ4v) is 3.02. The van der Waals surface area contributed by atoms with Gasteiger partial charge in [-0.15, -0.1) is 0 Å². The van der Waals surface area contributed by atoms with E-state index in [9.17, 15) is 5.11 Å². The van der Waals surface area contributed by atoms with Gasteiger partial charge >= 0.3 is 0 Å². The lowest BCUT2D eigenvalue weighted by atomic mass is 9.80. The molecule has 0 aliphatic carbocycles. The number of hydrogen-bond acceptors (Lipinski definition) is 4. The van der Waals surface area contributed by atoms with Gasteiger partial charge in [0.2, 0.25) is 0 Å². The Morgan fingerprint density at radius 2 is 2.06 bits per heavy atom. The molecule has 0 spiro atoms. The van der Waals surface area contributed by atoms with E-state index in [0.717, 1.165) is 39.1 Å². The highest BCUT2D eigenvalue weighted by Gasteiger charge is 2.36. The first-order valence-corrected chi connectivity index (χ1v) is 6.73. The van der Waals surface area contributed by atoms with Crippen molar-refractivity contribution in [2.45, 2.75) is 25.3 Å². The van der Waals surface area contributed by atoms with Gasteiger partial charge in [-0.3, -0.25) is 0 Å². The van der Waals surface area contributed by atoms with Gasteiger partial charge in [-0.1, -0.05) is 0 Å². The highest BCUT2D eigenvalue weighted by Crippen LogP contribution is 2.32. The van der Waals surface area contributed by atoms with E-state index in [1.54, 1.807) is 0 Å². The van der Waals surface area contributed by atoms with Crippen molar-refractivity contribution >= 4 is 0 Å². The Morgan fingerprint density at radius 3 is 2.59 bits per heavy atom. The first-order valence-electron chi connectivity index (χ1n) is 6.73. The predicted molar refractivity (Wildman–Crippen MR) is 68.1 cm³/mol. The SMILES string of the molecule is CN(C)C1CCN(CC2(CO)CCOCC2)C1. The number of aliphatic hydroxyl groups excluding tert-OH is 1. The Hall–Kier alpha value is -0.160. The maximum absolute atomic E-state index is 9.68. The van der Waals surface area contributed by atoms with Crippen LogP contribution in [0.15, 0.2) is 0 Å². The van der Waals surface area contributed by atoms with Crippen LogP contribution < -0.4 is 0 Å². The van der Waals surface area contributed by atoms with E-state index in [-0.39, 0.29) is 5.41 Å². The Kier molecular flexibility index (Phi) is 4.42. The van der Waals surface area contributed by atoms with E-state index in [1.165, 1.54) is 13.0 Å². The zero-order valence-electron chi connectivity index (χ0n) is 11.2. The fourth-order valence-electron chi connectivity index (χ4n) is 3.02. The van der Waals surface area contributed by atoms with E-state index in [2.05, 4.69) is 23.9 Å². The molecule has 0 aromatic rings. The second-order valence-corrected chi connectivity index (χ2v) is 5.91. The number of nitrogens with zero attached hydrogens (tertiary/aromatic N) is 2. The molecule has 2 fully saturated rings. The van der Waals surface area contributed by atoms with Crippen molar-refractivity contribution in [1.82, 2.24) is 9.80 Å². The summed E-state index contributed by atoms with van der Waals surface area (Å²) in [5.41, 5.74) is 0.0967. The summed E-state index contributed by atoms with van der Waals surface area (Å²) in [6.45, 7) is 5.29. The molecule has 0 saturated carbocycles. The van der Waals surface area contributed by atoms with Crippen LogP contribution in [0, 0.1) is 5.41 Å². The third-order valence-corrected chi connectivity index (χ3v) is 4.43. The minimum absolute atomic E-state index is 0.0967.